The Morgan fingerprint density at radius 1 is 1.36 bits per heavy atom. The molecule has 0 aliphatic rings. The third kappa shape index (κ3) is 3.56. The van der Waals surface area contributed by atoms with Gasteiger partial charge in [0.1, 0.15) is 0 Å². The summed E-state index contributed by atoms with van der Waals surface area (Å²) in [5.74, 6) is 1.10. The minimum atomic E-state index is 0.723. The van der Waals surface area contributed by atoms with Gasteiger partial charge in [-0.3, -0.25) is 0 Å². The molecule has 14 heavy (non-hydrogen) atoms. The number of hydrogen-bond donors (Lipinski definition) is 1. The maximum atomic E-state index is 5.50. The largest absolute Gasteiger partial charge is 0.330 e. The van der Waals surface area contributed by atoms with Gasteiger partial charge in [0.15, 0.2) is 0 Å². The molecule has 0 unspecified atom stereocenters. The van der Waals surface area contributed by atoms with Gasteiger partial charge in [0.25, 0.3) is 0 Å². The molecular weight excluding hydrogens is 190 g/mol. The first kappa shape index (κ1) is 11.3. The third-order valence-corrected chi connectivity index (χ3v) is 2.86. The first-order valence-corrected chi connectivity index (χ1v) is 5.95. The molecule has 0 bridgehead atoms. The fraction of sp³-hybridized carbons (Fsp3) is 0.333. The van der Waals surface area contributed by atoms with Crippen LogP contribution >= 0.6 is 11.8 Å². The monoisotopic (exact) mass is 207 g/mol. The van der Waals surface area contributed by atoms with Crippen molar-refractivity contribution in [2.75, 3.05) is 12.3 Å². The zero-order valence-corrected chi connectivity index (χ0v) is 9.39. The summed E-state index contributed by atoms with van der Waals surface area (Å²) in [6, 6.07) is 10.5. The predicted octanol–water partition coefficient (Wildman–Crippen LogP) is 3.13. The quantitative estimate of drug-likeness (QED) is 0.802. The zero-order valence-electron chi connectivity index (χ0n) is 8.57. The Morgan fingerprint density at radius 3 is 2.64 bits per heavy atom. The Morgan fingerprint density at radius 2 is 2.07 bits per heavy atom. The molecule has 1 nitrogen and oxygen atoms in total. The van der Waals surface area contributed by atoms with Gasteiger partial charge in [0.2, 0.25) is 0 Å². The number of rotatable bonds is 5. The Bertz CT molecular complexity index is 280. The molecule has 2 N–H and O–H groups in total. The molecule has 0 amide bonds. The minimum absolute atomic E-state index is 0.723. The molecule has 0 atom stereocenters. The van der Waals surface area contributed by atoms with Crippen LogP contribution < -0.4 is 5.73 Å². The molecule has 1 rings (SSSR count). The summed E-state index contributed by atoms with van der Waals surface area (Å²) in [6.07, 6.45) is 3.18. The van der Waals surface area contributed by atoms with E-state index >= 15 is 0 Å². The van der Waals surface area contributed by atoms with E-state index in [9.17, 15) is 0 Å². The van der Waals surface area contributed by atoms with Crippen molar-refractivity contribution in [1.82, 2.24) is 0 Å². The number of nitrogens with two attached hydrogens (primary N) is 1. The molecular formula is C12H17NS. The van der Waals surface area contributed by atoms with E-state index in [4.69, 9.17) is 5.73 Å². The van der Waals surface area contributed by atoms with E-state index in [0.717, 1.165) is 18.7 Å². The van der Waals surface area contributed by atoms with Gasteiger partial charge in [-0.15, -0.1) is 11.8 Å². The number of hydrogen-bond acceptors (Lipinski definition) is 2. The van der Waals surface area contributed by atoms with Crippen LogP contribution in [0.25, 0.3) is 4.91 Å². The lowest BCUT2D eigenvalue weighted by Gasteiger charge is -2.05. The summed E-state index contributed by atoms with van der Waals surface area (Å²) in [7, 11) is 0. The first-order chi connectivity index (χ1) is 6.88. The van der Waals surface area contributed by atoms with Crippen LogP contribution in [0.1, 0.15) is 18.9 Å². The van der Waals surface area contributed by atoms with Crippen molar-refractivity contribution in [1.29, 1.82) is 0 Å². The van der Waals surface area contributed by atoms with Gasteiger partial charge < -0.3 is 5.73 Å². The summed E-state index contributed by atoms with van der Waals surface area (Å²) in [5.41, 5.74) is 6.80. The van der Waals surface area contributed by atoms with Gasteiger partial charge in [-0.25, -0.2) is 0 Å². The smallest absolute Gasteiger partial charge is 0.0105 e. The second-order valence-electron chi connectivity index (χ2n) is 2.94. The maximum absolute atomic E-state index is 5.50. The highest BCUT2D eigenvalue weighted by Gasteiger charge is 1.98. The molecule has 76 valence electrons. The fourth-order valence-electron chi connectivity index (χ4n) is 1.23. The summed E-state index contributed by atoms with van der Waals surface area (Å²) in [4.78, 5) is 1.35. The van der Waals surface area contributed by atoms with Gasteiger partial charge in [0, 0.05) is 4.91 Å². The second-order valence-corrected chi connectivity index (χ2v) is 4.25. The number of thioether (sulfide) groups is 1. The zero-order chi connectivity index (χ0) is 10.2. The lowest BCUT2D eigenvalue weighted by Crippen LogP contribution is -1.96. The minimum Gasteiger partial charge on any atom is -0.330 e. The Hall–Kier alpha value is -0.730. The van der Waals surface area contributed by atoms with Crippen molar-refractivity contribution >= 4 is 16.7 Å². The van der Waals surface area contributed by atoms with Gasteiger partial charge >= 0.3 is 0 Å². The molecule has 1 aromatic carbocycles. The van der Waals surface area contributed by atoms with Crippen LogP contribution in [-0.2, 0) is 0 Å². The summed E-state index contributed by atoms with van der Waals surface area (Å²) in [6.45, 7) is 2.89. The summed E-state index contributed by atoms with van der Waals surface area (Å²) >= 11 is 1.87. The second kappa shape index (κ2) is 6.68. The normalized spacial score (nSPS) is 11.7. The number of benzene rings is 1. The van der Waals surface area contributed by atoms with Crippen molar-refractivity contribution in [3.8, 4) is 0 Å². The van der Waals surface area contributed by atoms with Crippen molar-refractivity contribution in [3.63, 3.8) is 0 Å². The molecule has 0 aromatic heterocycles. The molecule has 2 heteroatoms. The Labute approximate surface area is 90.4 Å². The average Bonchev–Trinajstić information content (AvgIpc) is 2.25. The van der Waals surface area contributed by atoms with Crippen LogP contribution in [0.4, 0.5) is 0 Å². The summed E-state index contributed by atoms with van der Waals surface area (Å²) < 4.78 is 0. The van der Waals surface area contributed by atoms with E-state index in [1.807, 2.05) is 17.8 Å². The fourth-order valence-corrected chi connectivity index (χ4v) is 2.08. The van der Waals surface area contributed by atoms with Crippen molar-refractivity contribution in [2.24, 2.45) is 5.73 Å². The molecule has 0 fully saturated rings. The topological polar surface area (TPSA) is 26.0 Å². The van der Waals surface area contributed by atoms with E-state index in [1.54, 1.807) is 0 Å². The molecule has 0 aliphatic heterocycles. The van der Waals surface area contributed by atoms with Gasteiger partial charge in [0.05, 0.1) is 0 Å². The molecule has 0 saturated carbocycles. The molecule has 1 aromatic rings. The van der Waals surface area contributed by atoms with Crippen molar-refractivity contribution in [2.45, 2.75) is 13.3 Å². The van der Waals surface area contributed by atoms with Crippen molar-refractivity contribution < 1.29 is 0 Å². The standard InChI is InChI=1S/C12H17NS/c1-2-14-12(9-6-10-13)11-7-4-3-5-8-11/h3-5,7-9H,2,6,10,13H2,1H3. The predicted molar refractivity (Wildman–Crippen MR) is 66.2 cm³/mol. The highest BCUT2D eigenvalue weighted by Crippen LogP contribution is 2.27. The van der Waals surface area contributed by atoms with E-state index in [-0.39, 0.29) is 0 Å². The maximum Gasteiger partial charge on any atom is 0.0105 e. The van der Waals surface area contributed by atoms with E-state index in [0.29, 0.717) is 0 Å². The van der Waals surface area contributed by atoms with Gasteiger partial charge in [-0.1, -0.05) is 43.3 Å². The molecule has 0 saturated heterocycles. The lowest BCUT2D eigenvalue weighted by atomic mass is 10.2. The van der Waals surface area contributed by atoms with Gasteiger partial charge in [-0.2, -0.15) is 0 Å². The highest BCUT2D eigenvalue weighted by atomic mass is 32.2. The van der Waals surface area contributed by atoms with Crippen LogP contribution in [-0.4, -0.2) is 12.3 Å². The van der Waals surface area contributed by atoms with Crippen LogP contribution in [0.2, 0.25) is 0 Å². The van der Waals surface area contributed by atoms with E-state index in [1.165, 1.54) is 10.5 Å². The van der Waals surface area contributed by atoms with Gasteiger partial charge in [-0.05, 0) is 24.3 Å². The van der Waals surface area contributed by atoms with Crippen molar-refractivity contribution in [3.05, 3.63) is 42.0 Å². The van der Waals surface area contributed by atoms with E-state index in [2.05, 4.69) is 37.3 Å². The Kier molecular flexibility index (Phi) is 5.42. The van der Waals surface area contributed by atoms with Crippen LogP contribution in [0, 0.1) is 0 Å². The Balaban J connectivity index is 2.77. The molecule has 0 heterocycles. The SMILES string of the molecule is CCSC(=CCCN)c1ccccc1. The van der Waals surface area contributed by atoms with Crippen LogP contribution in [0.15, 0.2) is 36.4 Å². The molecule has 0 aliphatic carbocycles. The van der Waals surface area contributed by atoms with Crippen LogP contribution in [0.5, 0.6) is 0 Å². The molecule has 0 spiro atoms. The summed E-state index contributed by atoms with van der Waals surface area (Å²) in [5, 5.41) is 0. The molecule has 0 radical (unpaired) electrons. The van der Waals surface area contributed by atoms with E-state index < -0.39 is 0 Å². The first-order valence-electron chi connectivity index (χ1n) is 4.97. The average molecular weight is 207 g/mol. The highest BCUT2D eigenvalue weighted by molar-refractivity contribution is 8.08. The van der Waals surface area contributed by atoms with Crippen LogP contribution in [0.3, 0.4) is 0 Å². The third-order valence-electron chi connectivity index (χ3n) is 1.85. The lowest BCUT2D eigenvalue weighted by molar-refractivity contribution is 1.01.